The quantitative estimate of drug-likeness (QED) is 0.719. The number of halogens is 2. The van der Waals surface area contributed by atoms with Gasteiger partial charge in [-0.3, -0.25) is 0 Å². The summed E-state index contributed by atoms with van der Waals surface area (Å²) in [6.07, 6.45) is 2.63. The Bertz CT molecular complexity index is 609. The number of hydrogen-bond donors (Lipinski definition) is 1. The van der Waals surface area contributed by atoms with E-state index in [-0.39, 0.29) is 0 Å². The molecule has 0 atom stereocenters. The molecule has 1 aliphatic carbocycles. The van der Waals surface area contributed by atoms with Crippen molar-refractivity contribution in [2.45, 2.75) is 32.0 Å². The molecule has 3 rings (SSSR count). The molecular weight excluding hydrogens is 394 g/mol. The van der Waals surface area contributed by atoms with Gasteiger partial charge in [0.25, 0.3) is 0 Å². The Morgan fingerprint density at radius 2 is 1.71 bits per heavy atom. The first-order valence-electron chi connectivity index (χ1n) is 7.10. The average molecular weight is 411 g/mol. The van der Waals surface area contributed by atoms with Crippen LogP contribution in [0.5, 0.6) is 5.75 Å². The highest BCUT2D eigenvalue weighted by atomic mass is 79.9. The van der Waals surface area contributed by atoms with Gasteiger partial charge in [-0.05, 0) is 64.2 Å². The van der Waals surface area contributed by atoms with Crippen LogP contribution >= 0.6 is 31.9 Å². The molecule has 4 heteroatoms. The van der Waals surface area contributed by atoms with E-state index in [4.69, 9.17) is 4.74 Å². The fraction of sp³-hybridized carbons (Fsp3) is 0.294. The summed E-state index contributed by atoms with van der Waals surface area (Å²) in [5, 5.41) is 3.52. The van der Waals surface area contributed by atoms with Gasteiger partial charge in [-0.2, -0.15) is 0 Å². The lowest BCUT2D eigenvalue weighted by molar-refractivity contribution is 0.304. The summed E-state index contributed by atoms with van der Waals surface area (Å²) in [6, 6.07) is 15.2. The lowest BCUT2D eigenvalue weighted by Gasteiger charge is -2.10. The van der Waals surface area contributed by atoms with E-state index in [2.05, 4.69) is 61.4 Å². The van der Waals surface area contributed by atoms with Crippen molar-refractivity contribution in [2.75, 3.05) is 0 Å². The molecule has 0 aromatic heterocycles. The van der Waals surface area contributed by atoms with E-state index in [0.29, 0.717) is 6.61 Å². The monoisotopic (exact) mass is 409 g/mol. The van der Waals surface area contributed by atoms with Crippen LogP contribution in [0.3, 0.4) is 0 Å². The van der Waals surface area contributed by atoms with Gasteiger partial charge >= 0.3 is 0 Å². The van der Waals surface area contributed by atoms with E-state index in [1.807, 2.05) is 18.2 Å². The van der Waals surface area contributed by atoms with E-state index < -0.39 is 0 Å². The Kier molecular flexibility index (Phi) is 4.99. The molecule has 1 aliphatic rings. The van der Waals surface area contributed by atoms with Crippen LogP contribution in [0, 0.1) is 0 Å². The third-order valence-electron chi connectivity index (χ3n) is 3.48. The van der Waals surface area contributed by atoms with Gasteiger partial charge in [0.2, 0.25) is 0 Å². The summed E-state index contributed by atoms with van der Waals surface area (Å²) < 4.78 is 7.97. The normalized spacial score (nSPS) is 14.2. The van der Waals surface area contributed by atoms with Crippen molar-refractivity contribution in [1.29, 1.82) is 0 Å². The lowest BCUT2D eigenvalue weighted by Crippen LogP contribution is -2.15. The topological polar surface area (TPSA) is 21.3 Å². The van der Waals surface area contributed by atoms with Gasteiger partial charge in [-0.1, -0.05) is 34.1 Å². The van der Waals surface area contributed by atoms with Crippen LogP contribution in [0.15, 0.2) is 51.4 Å². The summed E-state index contributed by atoms with van der Waals surface area (Å²) in [5.41, 5.74) is 2.44. The van der Waals surface area contributed by atoms with Gasteiger partial charge in [0.1, 0.15) is 12.4 Å². The molecule has 1 saturated carbocycles. The third-order valence-corrected chi connectivity index (χ3v) is 4.62. The van der Waals surface area contributed by atoms with Crippen LogP contribution in [0.1, 0.15) is 24.0 Å². The lowest BCUT2D eigenvalue weighted by atomic mass is 10.2. The minimum Gasteiger partial charge on any atom is -0.488 e. The van der Waals surface area contributed by atoms with Gasteiger partial charge in [-0.15, -0.1) is 0 Å². The largest absolute Gasteiger partial charge is 0.488 e. The molecule has 1 fully saturated rings. The zero-order valence-electron chi connectivity index (χ0n) is 11.6. The molecule has 0 amide bonds. The molecule has 0 heterocycles. The minimum absolute atomic E-state index is 0.575. The third kappa shape index (κ3) is 4.56. The van der Waals surface area contributed by atoms with Crippen molar-refractivity contribution in [3.63, 3.8) is 0 Å². The summed E-state index contributed by atoms with van der Waals surface area (Å²) in [4.78, 5) is 0. The van der Waals surface area contributed by atoms with Crippen LogP contribution in [0.25, 0.3) is 0 Å². The van der Waals surface area contributed by atoms with Crippen molar-refractivity contribution in [2.24, 2.45) is 0 Å². The summed E-state index contributed by atoms with van der Waals surface area (Å²) in [7, 11) is 0. The van der Waals surface area contributed by atoms with E-state index in [9.17, 15) is 0 Å². The van der Waals surface area contributed by atoms with Crippen LogP contribution in [0.4, 0.5) is 0 Å². The Hall–Kier alpha value is -0.840. The Balaban J connectivity index is 1.58. The highest BCUT2D eigenvalue weighted by molar-refractivity contribution is 9.10. The second kappa shape index (κ2) is 6.95. The molecule has 2 aromatic carbocycles. The van der Waals surface area contributed by atoms with Gasteiger partial charge in [0.15, 0.2) is 0 Å². The number of hydrogen-bond acceptors (Lipinski definition) is 2. The fourth-order valence-electron chi connectivity index (χ4n) is 2.06. The molecule has 21 heavy (non-hydrogen) atoms. The number of rotatable bonds is 6. The number of benzene rings is 2. The zero-order chi connectivity index (χ0) is 14.7. The van der Waals surface area contributed by atoms with Gasteiger partial charge in [0.05, 0.1) is 4.47 Å². The highest BCUT2D eigenvalue weighted by Crippen LogP contribution is 2.27. The molecule has 2 aromatic rings. The summed E-state index contributed by atoms with van der Waals surface area (Å²) in [5.74, 6) is 0.882. The minimum atomic E-state index is 0.575. The van der Waals surface area contributed by atoms with Crippen molar-refractivity contribution in [3.8, 4) is 5.75 Å². The Morgan fingerprint density at radius 3 is 2.38 bits per heavy atom. The van der Waals surface area contributed by atoms with Crippen LogP contribution in [-0.2, 0) is 13.2 Å². The van der Waals surface area contributed by atoms with E-state index in [1.165, 1.54) is 18.4 Å². The molecule has 1 N–H and O–H groups in total. The van der Waals surface area contributed by atoms with Gasteiger partial charge in [0, 0.05) is 17.1 Å². The van der Waals surface area contributed by atoms with Crippen molar-refractivity contribution in [3.05, 3.63) is 62.5 Å². The molecule has 2 nitrogen and oxygen atoms in total. The molecule has 110 valence electrons. The van der Waals surface area contributed by atoms with Gasteiger partial charge < -0.3 is 10.1 Å². The second-order valence-electron chi connectivity index (χ2n) is 5.34. The van der Waals surface area contributed by atoms with E-state index >= 15 is 0 Å². The molecule has 0 spiro atoms. The Labute approximate surface area is 142 Å². The maximum Gasteiger partial charge on any atom is 0.134 e. The summed E-state index contributed by atoms with van der Waals surface area (Å²) >= 11 is 7.03. The van der Waals surface area contributed by atoms with Crippen molar-refractivity contribution in [1.82, 2.24) is 5.32 Å². The maximum atomic E-state index is 5.87. The zero-order valence-corrected chi connectivity index (χ0v) is 14.8. The molecule has 0 bridgehead atoms. The maximum absolute atomic E-state index is 5.87. The SMILES string of the molecule is Brc1ccc(COc2ccc(CNC3CC3)cc2Br)cc1. The molecule has 0 unspecified atom stereocenters. The van der Waals surface area contributed by atoms with Crippen LogP contribution < -0.4 is 10.1 Å². The highest BCUT2D eigenvalue weighted by Gasteiger charge is 2.19. The summed E-state index contributed by atoms with van der Waals surface area (Å²) in [6.45, 7) is 1.50. The molecule has 0 aliphatic heterocycles. The molecule has 0 radical (unpaired) electrons. The number of nitrogens with one attached hydrogen (secondary N) is 1. The Morgan fingerprint density at radius 1 is 1.00 bits per heavy atom. The predicted octanol–water partition coefficient (Wildman–Crippen LogP) is 5.04. The van der Waals surface area contributed by atoms with E-state index in [1.54, 1.807) is 0 Å². The fourth-order valence-corrected chi connectivity index (χ4v) is 2.87. The first kappa shape index (κ1) is 15.1. The van der Waals surface area contributed by atoms with Crippen LogP contribution in [0.2, 0.25) is 0 Å². The molecule has 0 saturated heterocycles. The number of ether oxygens (including phenoxy) is 1. The second-order valence-corrected chi connectivity index (χ2v) is 7.11. The smallest absolute Gasteiger partial charge is 0.134 e. The van der Waals surface area contributed by atoms with Crippen molar-refractivity contribution >= 4 is 31.9 Å². The standard InChI is InChI=1S/C17H17Br2NO/c18-14-4-1-12(2-5-14)11-21-17-8-3-13(9-16(17)19)10-20-15-6-7-15/h1-5,8-9,15,20H,6-7,10-11H2. The predicted molar refractivity (Wildman–Crippen MR) is 92.5 cm³/mol. The average Bonchev–Trinajstić information content (AvgIpc) is 3.30. The first-order chi connectivity index (χ1) is 10.2. The van der Waals surface area contributed by atoms with Gasteiger partial charge in [-0.25, -0.2) is 0 Å². The first-order valence-corrected chi connectivity index (χ1v) is 8.68. The van der Waals surface area contributed by atoms with E-state index in [0.717, 1.165) is 32.8 Å². The van der Waals surface area contributed by atoms with Crippen LogP contribution in [-0.4, -0.2) is 6.04 Å². The van der Waals surface area contributed by atoms with Crippen molar-refractivity contribution < 1.29 is 4.74 Å². The molecular formula is C17H17Br2NO.